The van der Waals surface area contributed by atoms with Crippen LogP contribution in [0, 0.1) is 11.7 Å². The van der Waals surface area contributed by atoms with E-state index in [-0.39, 0.29) is 22.7 Å². The molecule has 0 aliphatic carbocycles. The van der Waals surface area contributed by atoms with Crippen LogP contribution >= 0.6 is 11.6 Å². The number of likely N-dealkylation sites (tertiary alicyclic amines) is 1. The number of nitrogens with zero attached hydrogens (tertiary/aromatic N) is 3. The number of carbonyl (C=O) groups excluding carboxylic acids is 1. The minimum atomic E-state index is -0.760. The summed E-state index contributed by atoms with van der Waals surface area (Å²) in [5, 5.41) is 0.00123. The van der Waals surface area contributed by atoms with E-state index in [0.29, 0.717) is 49.5 Å². The average Bonchev–Trinajstić information content (AvgIpc) is 3.20. The molecular weight excluding hydrogens is 413 g/mol. The minimum absolute atomic E-state index is 0.00123. The number of carbonyl (C=O) groups is 1. The zero-order valence-corrected chi connectivity index (χ0v) is 18.0. The summed E-state index contributed by atoms with van der Waals surface area (Å²) in [5.74, 6) is -0.772. The number of esters is 1. The first-order chi connectivity index (χ1) is 14.5. The maximum Gasteiger partial charge on any atom is 0.310 e. The highest BCUT2D eigenvalue weighted by Crippen LogP contribution is 2.32. The third kappa shape index (κ3) is 4.95. The molecule has 1 aromatic carbocycles. The second-order valence-corrected chi connectivity index (χ2v) is 7.34. The van der Waals surface area contributed by atoms with Gasteiger partial charge in [-0.3, -0.25) is 9.69 Å². The Morgan fingerprint density at radius 2 is 2.13 bits per heavy atom. The normalized spacial score (nSPS) is 16.9. The van der Waals surface area contributed by atoms with Crippen molar-refractivity contribution in [1.29, 1.82) is 0 Å². The first kappa shape index (κ1) is 22.6. The molecule has 9 heteroatoms. The third-order valence-corrected chi connectivity index (χ3v) is 5.27. The van der Waals surface area contributed by atoms with Gasteiger partial charge in [0.25, 0.3) is 0 Å². The molecule has 0 saturated carbocycles. The Bertz CT molecular complexity index is 895. The van der Waals surface area contributed by atoms with Crippen LogP contribution in [0.25, 0.3) is 11.3 Å². The Morgan fingerprint density at radius 3 is 2.83 bits per heavy atom. The fourth-order valence-corrected chi connectivity index (χ4v) is 3.80. The number of ether oxygens (including phenoxy) is 3. The number of rotatable bonds is 8. The Balaban J connectivity index is 1.86. The Morgan fingerprint density at radius 1 is 1.37 bits per heavy atom. The van der Waals surface area contributed by atoms with Crippen molar-refractivity contribution in [3.8, 4) is 11.3 Å². The van der Waals surface area contributed by atoms with Gasteiger partial charge < -0.3 is 14.2 Å². The molecule has 1 fully saturated rings. The van der Waals surface area contributed by atoms with Gasteiger partial charge in [-0.1, -0.05) is 12.1 Å². The lowest BCUT2D eigenvalue weighted by atomic mass is 10.0. The number of benzene rings is 1. The molecule has 0 bridgehead atoms. The molecule has 1 atom stereocenters. The molecular formula is C21H25ClFN3O4. The summed E-state index contributed by atoms with van der Waals surface area (Å²) in [6.45, 7) is 3.77. The van der Waals surface area contributed by atoms with Crippen LogP contribution in [0.15, 0.2) is 24.4 Å². The highest BCUT2D eigenvalue weighted by atomic mass is 35.5. The van der Waals surface area contributed by atoms with E-state index in [1.807, 2.05) is 4.90 Å². The summed E-state index contributed by atoms with van der Waals surface area (Å²) in [6, 6.07) is 5.12. The van der Waals surface area contributed by atoms with E-state index in [0.717, 1.165) is 0 Å². The largest absolute Gasteiger partial charge is 0.466 e. The van der Waals surface area contributed by atoms with Crippen LogP contribution in [0.3, 0.4) is 0 Å². The van der Waals surface area contributed by atoms with Crippen molar-refractivity contribution in [3.63, 3.8) is 0 Å². The summed E-state index contributed by atoms with van der Waals surface area (Å²) >= 11 is 5.98. The molecule has 7 nitrogen and oxygen atoms in total. The van der Waals surface area contributed by atoms with Gasteiger partial charge in [-0.2, -0.15) is 0 Å². The van der Waals surface area contributed by atoms with Gasteiger partial charge in [0.1, 0.15) is 5.82 Å². The van der Waals surface area contributed by atoms with Crippen LogP contribution in [0.5, 0.6) is 0 Å². The molecule has 2 heterocycles. The van der Waals surface area contributed by atoms with Crippen molar-refractivity contribution in [2.24, 2.45) is 5.92 Å². The summed E-state index contributed by atoms with van der Waals surface area (Å²) in [5.41, 5.74) is 1.58. The van der Waals surface area contributed by atoms with Crippen molar-refractivity contribution in [2.45, 2.75) is 26.2 Å². The van der Waals surface area contributed by atoms with E-state index < -0.39 is 12.1 Å². The molecule has 1 aliphatic heterocycles. The third-order valence-electron chi connectivity index (χ3n) is 5.09. The quantitative estimate of drug-likeness (QED) is 0.355. The first-order valence-corrected chi connectivity index (χ1v) is 10.1. The summed E-state index contributed by atoms with van der Waals surface area (Å²) in [4.78, 5) is 22.2. The van der Waals surface area contributed by atoms with Gasteiger partial charge in [-0.25, -0.2) is 14.4 Å². The molecule has 0 amide bonds. The van der Waals surface area contributed by atoms with E-state index in [1.54, 1.807) is 25.1 Å². The van der Waals surface area contributed by atoms with Crippen molar-refractivity contribution in [3.05, 3.63) is 46.6 Å². The highest BCUT2D eigenvalue weighted by molar-refractivity contribution is 6.28. The van der Waals surface area contributed by atoms with Gasteiger partial charge in [-0.15, -0.1) is 0 Å². The lowest BCUT2D eigenvalue weighted by Crippen LogP contribution is -2.24. The van der Waals surface area contributed by atoms with E-state index in [2.05, 4.69) is 9.97 Å². The van der Waals surface area contributed by atoms with Gasteiger partial charge in [-0.05, 0) is 37.6 Å². The van der Waals surface area contributed by atoms with Gasteiger partial charge in [0.15, 0.2) is 6.29 Å². The number of hydrogen-bond acceptors (Lipinski definition) is 7. The lowest BCUT2D eigenvalue weighted by Gasteiger charge is -2.19. The van der Waals surface area contributed by atoms with Crippen LogP contribution in [-0.2, 0) is 25.5 Å². The van der Waals surface area contributed by atoms with Crippen molar-refractivity contribution in [1.82, 2.24) is 14.9 Å². The van der Waals surface area contributed by atoms with E-state index >= 15 is 4.39 Å². The molecule has 1 aromatic heterocycles. The molecule has 0 N–H and O–H groups in total. The monoisotopic (exact) mass is 437 g/mol. The fourth-order valence-electron chi connectivity index (χ4n) is 3.66. The zero-order chi connectivity index (χ0) is 21.7. The molecule has 0 spiro atoms. The van der Waals surface area contributed by atoms with Crippen LogP contribution in [0.1, 0.15) is 30.8 Å². The Hall–Kier alpha value is -2.13. The average molecular weight is 438 g/mol. The first-order valence-electron chi connectivity index (χ1n) is 9.73. The van der Waals surface area contributed by atoms with Crippen molar-refractivity contribution < 1.29 is 23.4 Å². The maximum absolute atomic E-state index is 15.5. The smallest absolute Gasteiger partial charge is 0.310 e. The molecule has 1 saturated heterocycles. The maximum atomic E-state index is 15.5. The summed E-state index contributed by atoms with van der Waals surface area (Å²) in [7, 11) is 2.96. The standard InChI is InChI=1S/C21H25ClFN3O4/c1-4-30-19(27)14-8-9-26(12-14)11-13-6-5-7-15(17(13)23)18-16(20(28-2)29-3)10-24-21(22)25-18/h5-7,10,14,20H,4,8-9,11-12H2,1-3H3. The molecule has 3 rings (SSSR count). The second-order valence-electron chi connectivity index (χ2n) is 7.00. The predicted molar refractivity (Wildman–Crippen MR) is 109 cm³/mol. The zero-order valence-electron chi connectivity index (χ0n) is 17.2. The van der Waals surface area contributed by atoms with Crippen LogP contribution in [-0.4, -0.2) is 54.8 Å². The number of methoxy groups -OCH3 is 2. The van der Waals surface area contributed by atoms with E-state index in [9.17, 15) is 4.79 Å². The van der Waals surface area contributed by atoms with Gasteiger partial charge in [0.05, 0.1) is 23.8 Å². The molecule has 1 aliphatic rings. The highest BCUT2D eigenvalue weighted by Gasteiger charge is 2.30. The van der Waals surface area contributed by atoms with Crippen molar-refractivity contribution >= 4 is 17.6 Å². The molecule has 162 valence electrons. The second kappa shape index (κ2) is 10.3. The Kier molecular flexibility index (Phi) is 7.71. The molecule has 30 heavy (non-hydrogen) atoms. The predicted octanol–water partition coefficient (Wildman–Crippen LogP) is 3.61. The van der Waals surface area contributed by atoms with E-state index in [4.69, 9.17) is 25.8 Å². The summed E-state index contributed by atoms with van der Waals surface area (Å²) < 4.78 is 31.2. The van der Waals surface area contributed by atoms with Gasteiger partial charge >= 0.3 is 5.97 Å². The van der Waals surface area contributed by atoms with Crippen LogP contribution < -0.4 is 0 Å². The van der Waals surface area contributed by atoms with Crippen LogP contribution in [0.4, 0.5) is 4.39 Å². The molecule has 2 aromatic rings. The SMILES string of the molecule is CCOC(=O)C1CCN(Cc2cccc(-c3nc(Cl)ncc3C(OC)OC)c2F)C1. The lowest BCUT2D eigenvalue weighted by molar-refractivity contribution is -0.147. The summed E-state index contributed by atoms with van der Waals surface area (Å²) in [6.07, 6.45) is 1.41. The number of aromatic nitrogens is 2. The number of halogens is 2. The van der Waals surface area contributed by atoms with Gasteiger partial charge in [0, 0.05) is 44.6 Å². The van der Waals surface area contributed by atoms with Crippen molar-refractivity contribution in [2.75, 3.05) is 33.9 Å². The topological polar surface area (TPSA) is 73.8 Å². The Labute approximate surface area is 180 Å². The fraction of sp³-hybridized carbons (Fsp3) is 0.476. The van der Waals surface area contributed by atoms with Gasteiger partial charge in [0.2, 0.25) is 5.28 Å². The number of hydrogen-bond donors (Lipinski definition) is 0. The van der Waals surface area contributed by atoms with E-state index in [1.165, 1.54) is 20.4 Å². The van der Waals surface area contributed by atoms with Crippen LogP contribution in [0.2, 0.25) is 5.28 Å². The molecule has 0 radical (unpaired) electrons. The minimum Gasteiger partial charge on any atom is -0.466 e. The molecule has 1 unspecified atom stereocenters.